The molecule has 0 saturated carbocycles. The van der Waals surface area contributed by atoms with E-state index in [0.29, 0.717) is 17.9 Å². The lowest BCUT2D eigenvalue weighted by molar-refractivity contribution is 0.194. The van der Waals surface area contributed by atoms with E-state index in [-0.39, 0.29) is 5.56 Å². The van der Waals surface area contributed by atoms with Crippen LogP contribution in [0.3, 0.4) is 0 Å². The van der Waals surface area contributed by atoms with E-state index in [1.165, 1.54) is 12.1 Å². The third-order valence-corrected chi connectivity index (χ3v) is 4.12. The Hall–Kier alpha value is -1.35. The van der Waals surface area contributed by atoms with Crippen molar-refractivity contribution in [2.75, 3.05) is 6.54 Å². The van der Waals surface area contributed by atoms with Crippen molar-refractivity contribution in [1.29, 1.82) is 0 Å². The highest BCUT2D eigenvalue weighted by Gasteiger charge is 2.35. The lowest BCUT2D eigenvalue weighted by Gasteiger charge is -2.42. The molecule has 1 fully saturated rings. The van der Waals surface area contributed by atoms with Gasteiger partial charge < -0.3 is 9.88 Å². The average Bonchev–Trinajstić information content (AvgIpc) is 2.34. The summed E-state index contributed by atoms with van der Waals surface area (Å²) in [4.78, 5) is 11.9. The van der Waals surface area contributed by atoms with Gasteiger partial charge in [-0.05, 0) is 24.8 Å². The second-order valence-corrected chi connectivity index (χ2v) is 5.13. The van der Waals surface area contributed by atoms with Gasteiger partial charge in [0.05, 0.1) is 0 Å². The van der Waals surface area contributed by atoms with Crippen molar-refractivity contribution in [3.8, 4) is 0 Å². The van der Waals surface area contributed by atoms with E-state index in [1.54, 1.807) is 6.07 Å². The van der Waals surface area contributed by atoms with E-state index >= 15 is 0 Å². The van der Waals surface area contributed by atoms with Gasteiger partial charge in [0.2, 0.25) is 0 Å². The van der Waals surface area contributed by atoms with Gasteiger partial charge in [-0.1, -0.05) is 12.1 Å². The number of fused-ring (bicyclic) bond motifs is 4. The highest BCUT2D eigenvalue weighted by molar-refractivity contribution is 5.17. The number of aromatic nitrogens is 1. The molecule has 1 N–H and O–H groups in total. The first-order valence-corrected chi connectivity index (χ1v) is 6.33. The van der Waals surface area contributed by atoms with Crippen molar-refractivity contribution < 1.29 is 0 Å². The molecule has 3 heteroatoms. The van der Waals surface area contributed by atoms with Gasteiger partial charge in [0.15, 0.2) is 0 Å². The summed E-state index contributed by atoms with van der Waals surface area (Å²) >= 11 is 0. The summed E-state index contributed by atoms with van der Waals surface area (Å²) < 4.78 is 1.97. The molecule has 17 heavy (non-hydrogen) atoms. The fourth-order valence-electron chi connectivity index (χ4n) is 3.28. The molecular formula is C14H18N2O. The summed E-state index contributed by atoms with van der Waals surface area (Å²) in [5.41, 5.74) is 1.36. The summed E-state index contributed by atoms with van der Waals surface area (Å²) in [5.74, 6) is 1.07. The fraction of sp³-hybridized carbons (Fsp3) is 0.500. The number of nitrogens with zero attached hydrogens (tertiary/aromatic N) is 1. The summed E-state index contributed by atoms with van der Waals surface area (Å²) in [7, 11) is 0. The molecular weight excluding hydrogens is 212 g/mol. The van der Waals surface area contributed by atoms with Crippen molar-refractivity contribution >= 4 is 0 Å². The molecule has 1 aromatic rings. The quantitative estimate of drug-likeness (QED) is 0.781. The minimum atomic E-state index is 0.149. The van der Waals surface area contributed by atoms with Crippen molar-refractivity contribution in [3.05, 3.63) is 46.9 Å². The van der Waals surface area contributed by atoms with E-state index in [9.17, 15) is 4.79 Å². The third kappa shape index (κ3) is 1.75. The molecule has 0 amide bonds. The minimum Gasteiger partial charge on any atom is -0.313 e. The molecule has 3 atom stereocenters. The normalized spacial score (nSPS) is 30.7. The Balaban J connectivity index is 1.97. The van der Waals surface area contributed by atoms with Crippen LogP contribution in [0.25, 0.3) is 0 Å². The SMILES string of the molecule is C=CCC1NC[C@H]2C[C@@H]1Cn1c2cccc1=O. The highest BCUT2D eigenvalue weighted by Crippen LogP contribution is 2.35. The molecule has 90 valence electrons. The monoisotopic (exact) mass is 230 g/mol. The smallest absolute Gasteiger partial charge is 0.250 e. The minimum absolute atomic E-state index is 0.149. The fourth-order valence-corrected chi connectivity index (χ4v) is 3.28. The first kappa shape index (κ1) is 10.8. The summed E-state index contributed by atoms with van der Waals surface area (Å²) in [5, 5.41) is 3.60. The second-order valence-electron chi connectivity index (χ2n) is 5.13. The predicted molar refractivity (Wildman–Crippen MR) is 68.2 cm³/mol. The Morgan fingerprint density at radius 3 is 3.24 bits per heavy atom. The van der Waals surface area contributed by atoms with E-state index in [4.69, 9.17) is 0 Å². The van der Waals surface area contributed by atoms with Gasteiger partial charge in [0, 0.05) is 36.8 Å². The summed E-state index contributed by atoms with van der Waals surface area (Å²) in [6.45, 7) is 5.66. The van der Waals surface area contributed by atoms with E-state index in [1.807, 2.05) is 16.7 Å². The Bertz CT molecular complexity index is 491. The van der Waals surface area contributed by atoms with Gasteiger partial charge in [-0.3, -0.25) is 4.79 Å². The number of rotatable bonds is 2. The van der Waals surface area contributed by atoms with Gasteiger partial charge in [-0.15, -0.1) is 6.58 Å². The first-order valence-electron chi connectivity index (χ1n) is 6.33. The Morgan fingerprint density at radius 2 is 2.41 bits per heavy atom. The topological polar surface area (TPSA) is 34.0 Å². The van der Waals surface area contributed by atoms with Crippen molar-refractivity contribution in [1.82, 2.24) is 9.88 Å². The highest BCUT2D eigenvalue weighted by atomic mass is 16.1. The van der Waals surface area contributed by atoms with Crippen LogP contribution in [-0.4, -0.2) is 17.2 Å². The number of hydrogen-bond acceptors (Lipinski definition) is 2. The molecule has 1 saturated heterocycles. The van der Waals surface area contributed by atoms with Gasteiger partial charge in [-0.2, -0.15) is 0 Å². The van der Waals surface area contributed by atoms with Gasteiger partial charge in [-0.25, -0.2) is 0 Å². The number of piperidine rings is 1. The van der Waals surface area contributed by atoms with E-state index in [2.05, 4.69) is 18.0 Å². The number of pyridine rings is 1. The van der Waals surface area contributed by atoms with Crippen LogP contribution < -0.4 is 10.9 Å². The first-order chi connectivity index (χ1) is 8.29. The molecule has 3 heterocycles. The maximum atomic E-state index is 11.9. The molecule has 0 radical (unpaired) electrons. The molecule has 0 spiro atoms. The zero-order valence-electron chi connectivity index (χ0n) is 9.93. The predicted octanol–water partition coefficient (Wildman–Crippen LogP) is 1.50. The molecule has 2 bridgehead atoms. The molecule has 0 aromatic carbocycles. The Kier molecular flexibility index (Phi) is 2.63. The van der Waals surface area contributed by atoms with Crippen molar-refractivity contribution in [3.63, 3.8) is 0 Å². The maximum Gasteiger partial charge on any atom is 0.250 e. The van der Waals surface area contributed by atoms with Crippen molar-refractivity contribution in [2.45, 2.75) is 31.3 Å². The van der Waals surface area contributed by atoms with Crippen LogP contribution in [0.15, 0.2) is 35.6 Å². The van der Waals surface area contributed by atoms with Crippen LogP contribution in [0.2, 0.25) is 0 Å². The Morgan fingerprint density at radius 1 is 1.53 bits per heavy atom. The second kappa shape index (κ2) is 4.15. The van der Waals surface area contributed by atoms with Crippen molar-refractivity contribution in [2.24, 2.45) is 5.92 Å². The molecule has 3 nitrogen and oxygen atoms in total. The largest absolute Gasteiger partial charge is 0.313 e. The molecule has 3 rings (SSSR count). The maximum absolute atomic E-state index is 11.9. The lowest BCUT2D eigenvalue weighted by atomic mass is 9.78. The zero-order chi connectivity index (χ0) is 11.8. The van der Waals surface area contributed by atoms with Gasteiger partial charge in [0.1, 0.15) is 0 Å². The van der Waals surface area contributed by atoms with E-state index < -0.39 is 0 Å². The van der Waals surface area contributed by atoms with Crippen LogP contribution >= 0.6 is 0 Å². The number of hydrogen-bond donors (Lipinski definition) is 1. The van der Waals surface area contributed by atoms with Crippen LogP contribution in [0, 0.1) is 5.92 Å². The zero-order valence-corrected chi connectivity index (χ0v) is 9.93. The molecule has 1 aromatic heterocycles. The summed E-state index contributed by atoms with van der Waals surface area (Å²) in [6, 6.07) is 6.13. The number of nitrogens with one attached hydrogen (secondary N) is 1. The Labute approximate surface area is 101 Å². The third-order valence-electron chi connectivity index (χ3n) is 4.12. The van der Waals surface area contributed by atoms with Gasteiger partial charge >= 0.3 is 0 Å². The molecule has 0 aliphatic carbocycles. The standard InChI is InChI=1S/C14H18N2O/c1-2-4-12-11-7-10(8-15-12)13-5-3-6-14(17)16(13)9-11/h2-3,5-6,10-12,15H,1,4,7-9H2/t10-,11-,12?/m1/s1. The van der Waals surface area contributed by atoms with Crippen LogP contribution in [-0.2, 0) is 6.54 Å². The van der Waals surface area contributed by atoms with Crippen LogP contribution in [0.1, 0.15) is 24.5 Å². The lowest BCUT2D eigenvalue weighted by Crippen LogP contribution is -2.50. The molecule has 1 unspecified atom stereocenters. The molecule has 2 aliphatic heterocycles. The van der Waals surface area contributed by atoms with Crippen LogP contribution in [0.5, 0.6) is 0 Å². The molecule has 2 aliphatic rings. The van der Waals surface area contributed by atoms with Crippen LogP contribution in [0.4, 0.5) is 0 Å². The van der Waals surface area contributed by atoms with E-state index in [0.717, 1.165) is 19.5 Å². The summed E-state index contributed by atoms with van der Waals surface area (Å²) in [6.07, 6.45) is 4.17. The van der Waals surface area contributed by atoms with Gasteiger partial charge in [0.25, 0.3) is 5.56 Å². The average molecular weight is 230 g/mol.